The first-order valence-corrected chi connectivity index (χ1v) is 8.01. The van der Waals surface area contributed by atoms with E-state index in [9.17, 15) is 9.18 Å². The van der Waals surface area contributed by atoms with Crippen LogP contribution in [0.15, 0.2) is 48.8 Å². The topological polar surface area (TPSA) is 50.5 Å². The van der Waals surface area contributed by atoms with Gasteiger partial charge in [-0.15, -0.1) is 10.2 Å². The first-order valence-electron chi connectivity index (χ1n) is 8.01. The third-order valence-electron chi connectivity index (χ3n) is 3.89. The lowest BCUT2D eigenvalue weighted by atomic mass is 10.1. The molecule has 0 aliphatic rings. The number of hydrogen-bond donors (Lipinski definition) is 0. The maximum absolute atomic E-state index is 13.3. The van der Waals surface area contributed by atoms with Gasteiger partial charge in [-0.1, -0.05) is 25.1 Å². The fourth-order valence-electron chi connectivity index (χ4n) is 2.73. The summed E-state index contributed by atoms with van der Waals surface area (Å²) in [4.78, 5) is 14.7. The van der Waals surface area contributed by atoms with Crippen LogP contribution in [0.3, 0.4) is 0 Å². The molecule has 0 saturated carbocycles. The van der Waals surface area contributed by atoms with E-state index in [4.69, 9.17) is 0 Å². The normalized spacial score (nSPS) is 10.9. The Morgan fingerprint density at radius 2 is 2.04 bits per heavy atom. The van der Waals surface area contributed by atoms with Crippen LogP contribution in [0.5, 0.6) is 0 Å². The van der Waals surface area contributed by atoms with Crippen molar-refractivity contribution in [2.75, 3.05) is 13.1 Å². The SMILES string of the molecule is CCCN(CCc1cccc(F)c1)C(=O)c1cccc2nncn12. The Labute approximate surface area is 139 Å². The zero-order chi connectivity index (χ0) is 16.9. The molecule has 0 atom stereocenters. The summed E-state index contributed by atoms with van der Waals surface area (Å²) in [6.45, 7) is 3.21. The fourth-order valence-corrected chi connectivity index (χ4v) is 2.73. The minimum atomic E-state index is -0.255. The number of pyridine rings is 1. The van der Waals surface area contributed by atoms with E-state index in [-0.39, 0.29) is 11.7 Å². The molecule has 0 aliphatic carbocycles. The third-order valence-corrected chi connectivity index (χ3v) is 3.89. The summed E-state index contributed by atoms with van der Waals surface area (Å²) in [5.74, 6) is -0.325. The predicted octanol–water partition coefficient (Wildman–Crippen LogP) is 2.96. The number of carbonyl (C=O) groups excluding carboxylic acids is 1. The average molecular weight is 326 g/mol. The molecule has 0 saturated heterocycles. The second-order valence-corrected chi connectivity index (χ2v) is 5.64. The van der Waals surface area contributed by atoms with Crippen LogP contribution in [-0.4, -0.2) is 38.5 Å². The van der Waals surface area contributed by atoms with Gasteiger partial charge in [0.15, 0.2) is 5.65 Å². The second kappa shape index (κ2) is 7.21. The molecule has 5 nitrogen and oxygen atoms in total. The van der Waals surface area contributed by atoms with Crippen LogP contribution in [0.4, 0.5) is 4.39 Å². The minimum Gasteiger partial charge on any atom is -0.337 e. The molecule has 0 fully saturated rings. The van der Waals surface area contributed by atoms with Gasteiger partial charge in [0, 0.05) is 13.1 Å². The average Bonchev–Trinajstić information content (AvgIpc) is 3.06. The Morgan fingerprint density at radius 1 is 1.21 bits per heavy atom. The number of hydrogen-bond acceptors (Lipinski definition) is 3. The van der Waals surface area contributed by atoms with E-state index in [0.717, 1.165) is 12.0 Å². The lowest BCUT2D eigenvalue weighted by molar-refractivity contribution is 0.0750. The van der Waals surface area contributed by atoms with Crippen molar-refractivity contribution in [1.82, 2.24) is 19.5 Å². The number of benzene rings is 1. The Hall–Kier alpha value is -2.76. The van der Waals surface area contributed by atoms with Gasteiger partial charge in [-0.2, -0.15) is 0 Å². The molecule has 2 heterocycles. The summed E-state index contributed by atoms with van der Waals surface area (Å²) in [5.41, 5.74) is 2.05. The summed E-state index contributed by atoms with van der Waals surface area (Å²) < 4.78 is 15.0. The zero-order valence-electron chi connectivity index (χ0n) is 13.5. The highest BCUT2D eigenvalue weighted by Gasteiger charge is 2.18. The number of fused-ring (bicyclic) bond motifs is 1. The van der Waals surface area contributed by atoms with E-state index in [2.05, 4.69) is 10.2 Å². The van der Waals surface area contributed by atoms with Gasteiger partial charge in [0.25, 0.3) is 5.91 Å². The highest BCUT2D eigenvalue weighted by Crippen LogP contribution is 2.11. The van der Waals surface area contributed by atoms with Crippen LogP contribution in [0.1, 0.15) is 29.4 Å². The Kier molecular flexibility index (Phi) is 4.84. The van der Waals surface area contributed by atoms with E-state index in [1.54, 1.807) is 39.9 Å². The van der Waals surface area contributed by atoms with Gasteiger partial charge in [0.2, 0.25) is 0 Å². The van der Waals surface area contributed by atoms with Crippen LogP contribution >= 0.6 is 0 Å². The number of aromatic nitrogens is 3. The summed E-state index contributed by atoms with van der Waals surface area (Å²) in [6, 6.07) is 11.9. The smallest absolute Gasteiger partial charge is 0.270 e. The molecule has 3 rings (SSSR count). The largest absolute Gasteiger partial charge is 0.337 e. The Balaban J connectivity index is 1.79. The van der Waals surface area contributed by atoms with E-state index in [1.165, 1.54) is 12.1 Å². The number of amides is 1. The predicted molar refractivity (Wildman–Crippen MR) is 89.3 cm³/mol. The van der Waals surface area contributed by atoms with Gasteiger partial charge in [0.1, 0.15) is 17.8 Å². The van der Waals surface area contributed by atoms with Gasteiger partial charge in [-0.3, -0.25) is 9.20 Å². The Morgan fingerprint density at radius 3 is 2.83 bits per heavy atom. The molecule has 6 heteroatoms. The Bertz CT molecular complexity index is 846. The molecule has 0 N–H and O–H groups in total. The van der Waals surface area contributed by atoms with Gasteiger partial charge in [-0.25, -0.2) is 4.39 Å². The molecule has 0 radical (unpaired) electrons. The molecule has 2 aromatic heterocycles. The van der Waals surface area contributed by atoms with E-state index >= 15 is 0 Å². The molecule has 24 heavy (non-hydrogen) atoms. The first-order chi connectivity index (χ1) is 11.7. The minimum absolute atomic E-state index is 0.0707. The number of carbonyl (C=O) groups is 1. The zero-order valence-corrected chi connectivity index (χ0v) is 13.5. The van der Waals surface area contributed by atoms with Crippen LogP contribution in [0.25, 0.3) is 5.65 Å². The second-order valence-electron chi connectivity index (χ2n) is 5.64. The molecular formula is C18H19FN4O. The summed E-state index contributed by atoms with van der Waals surface area (Å²) >= 11 is 0. The summed E-state index contributed by atoms with van der Waals surface area (Å²) in [6.07, 6.45) is 3.01. The van der Waals surface area contributed by atoms with Crippen molar-refractivity contribution in [2.24, 2.45) is 0 Å². The third kappa shape index (κ3) is 3.42. The number of rotatable bonds is 6. The van der Waals surface area contributed by atoms with Gasteiger partial charge >= 0.3 is 0 Å². The van der Waals surface area contributed by atoms with Gasteiger partial charge in [-0.05, 0) is 42.7 Å². The molecular weight excluding hydrogens is 307 g/mol. The molecule has 0 aliphatic heterocycles. The summed E-state index contributed by atoms with van der Waals surface area (Å²) in [7, 11) is 0. The first kappa shape index (κ1) is 16.1. The van der Waals surface area contributed by atoms with Crippen molar-refractivity contribution in [1.29, 1.82) is 0 Å². The molecule has 1 amide bonds. The van der Waals surface area contributed by atoms with Crippen LogP contribution in [0.2, 0.25) is 0 Å². The fraction of sp³-hybridized carbons (Fsp3) is 0.278. The van der Waals surface area contributed by atoms with Crippen molar-refractivity contribution in [3.63, 3.8) is 0 Å². The van der Waals surface area contributed by atoms with Crippen molar-refractivity contribution in [3.8, 4) is 0 Å². The monoisotopic (exact) mass is 326 g/mol. The molecule has 0 unspecified atom stereocenters. The van der Waals surface area contributed by atoms with E-state index < -0.39 is 0 Å². The van der Waals surface area contributed by atoms with Crippen LogP contribution in [0, 0.1) is 5.82 Å². The summed E-state index contributed by atoms with van der Waals surface area (Å²) in [5, 5.41) is 7.82. The van der Waals surface area contributed by atoms with E-state index in [0.29, 0.717) is 30.9 Å². The number of nitrogens with zero attached hydrogens (tertiary/aromatic N) is 4. The molecule has 0 spiro atoms. The highest BCUT2D eigenvalue weighted by atomic mass is 19.1. The maximum atomic E-state index is 13.3. The molecule has 1 aromatic carbocycles. The maximum Gasteiger partial charge on any atom is 0.270 e. The number of halogens is 1. The lowest BCUT2D eigenvalue weighted by Gasteiger charge is -2.22. The molecule has 124 valence electrons. The van der Waals surface area contributed by atoms with Crippen molar-refractivity contribution >= 4 is 11.6 Å². The molecule has 3 aromatic rings. The van der Waals surface area contributed by atoms with Gasteiger partial charge in [0.05, 0.1) is 0 Å². The van der Waals surface area contributed by atoms with Crippen molar-refractivity contribution in [2.45, 2.75) is 19.8 Å². The van der Waals surface area contributed by atoms with E-state index in [1.807, 2.05) is 13.0 Å². The molecule has 0 bridgehead atoms. The quantitative estimate of drug-likeness (QED) is 0.700. The van der Waals surface area contributed by atoms with Crippen molar-refractivity contribution < 1.29 is 9.18 Å². The highest BCUT2D eigenvalue weighted by molar-refractivity contribution is 5.93. The van der Waals surface area contributed by atoms with Crippen LogP contribution < -0.4 is 0 Å². The van der Waals surface area contributed by atoms with Crippen molar-refractivity contribution in [3.05, 3.63) is 65.9 Å². The van der Waals surface area contributed by atoms with Gasteiger partial charge < -0.3 is 4.90 Å². The lowest BCUT2D eigenvalue weighted by Crippen LogP contribution is -2.34. The van der Waals surface area contributed by atoms with Crippen LogP contribution in [-0.2, 0) is 6.42 Å². The standard InChI is InChI=1S/C18H19FN4O/c1-2-10-22(11-9-14-5-3-6-15(19)12-14)18(24)16-7-4-8-17-21-20-13-23(16)17/h3-8,12-13H,2,9-11H2,1H3.